The third kappa shape index (κ3) is 4.09. The van der Waals surface area contributed by atoms with E-state index < -0.39 is 36.1 Å². The van der Waals surface area contributed by atoms with Crippen LogP contribution in [0.2, 0.25) is 0 Å². The van der Waals surface area contributed by atoms with E-state index in [-0.39, 0.29) is 17.2 Å². The van der Waals surface area contributed by atoms with E-state index in [1.807, 2.05) is 0 Å². The number of pyridine rings is 1. The smallest absolute Gasteiger partial charge is 0.309 e. The highest BCUT2D eigenvalue weighted by Crippen LogP contribution is 2.25. The molecule has 23 heavy (non-hydrogen) atoms. The Kier molecular flexibility index (Phi) is 4.68. The van der Waals surface area contributed by atoms with Gasteiger partial charge in [0.05, 0.1) is 18.7 Å². The quantitative estimate of drug-likeness (QED) is 0.739. The van der Waals surface area contributed by atoms with Crippen LogP contribution in [-0.2, 0) is 17.1 Å². The highest BCUT2D eigenvalue weighted by molar-refractivity contribution is 5.70. The van der Waals surface area contributed by atoms with Gasteiger partial charge in [-0.15, -0.1) is 0 Å². The molecular formula is C14H14F2N4O3. The summed E-state index contributed by atoms with van der Waals surface area (Å²) < 4.78 is 28.0. The summed E-state index contributed by atoms with van der Waals surface area (Å²) in [6.45, 7) is 0.592. The molecule has 0 spiro atoms. The molecular weight excluding hydrogens is 310 g/mol. The van der Waals surface area contributed by atoms with Gasteiger partial charge < -0.3 is 15.4 Å². The number of H-pyrrole nitrogens is 1. The molecule has 0 unspecified atom stereocenters. The van der Waals surface area contributed by atoms with E-state index in [0.29, 0.717) is 0 Å². The normalized spacial score (nSPS) is 11.3. The Morgan fingerprint density at radius 2 is 2.17 bits per heavy atom. The Morgan fingerprint density at radius 3 is 2.78 bits per heavy atom. The summed E-state index contributed by atoms with van der Waals surface area (Å²) in [6.07, 6.45) is 0.819. The number of hydrogen-bond acceptors (Lipinski definition) is 5. The van der Waals surface area contributed by atoms with E-state index in [1.165, 1.54) is 31.3 Å². The number of anilines is 1. The van der Waals surface area contributed by atoms with Crippen molar-refractivity contribution in [1.82, 2.24) is 15.0 Å². The molecule has 2 aromatic rings. The molecule has 7 nitrogen and oxygen atoms in total. The number of aliphatic carboxylic acids is 1. The second-order valence-corrected chi connectivity index (χ2v) is 4.83. The van der Waals surface area contributed by atoms with E-state index in [4.69, 9.17) is 5.11 Å². The van der Waals surface area contributed by atoms with Gasteiger partial charge in [0.15, 0.2) is 5.82 Å². The second kappa shape index (κ2) is 6.51. The van der Waals surface area contributed by atoms with Crippen molar-refractivity contribution in [2.45, 2.75) is 19.3 Å². The Hall–Kier alpha value is -2.84. The summed E-state index contributed by atoms with van der Waals surface area (Å²) in [7, 11) is 0. The Morgan fingerprint density at radius 1 is 1.43 bits per heavy atom. The van der Waals surface area contributed by atoms with Gasteiger partial charge in [-0.05, 0) is 19.1 Å². The van der Waals surface area contributed by atoms with Gasteiger partial charge in [0.1, 0.15) is 5.69 Å². The first-order valence-corrected chi connectivity index (χ1v) is 6.64. The first-order valence-electron chi connectivity index (χ1n) is 6.64. The lowest BCUT2D eigenvalue weighted by Crippen LogP contribution is -2.29. The Labute approximate surface area is 129 Å². The van der Waals surface area contributed by atoms with Gasteiger partial charge in [-0.1, -0.05) is 6.07 Å². The minimum Gasteiger partial charge on any atom is -0.481 e. The van der Waals surface area contributed by atoms with E-state index in [2.05, 4.69) is 20.3 Å². The van der Waals surface area contributed by atoms with E-state index in [0.717, 1.165) is 0 Å². The lowest BCUT2D eigenvalue weighted by atomic mass is 10.2. The molecule has 0 aliphatic carbocycles. The number of alkyl halides is 2. The molecule has 0 aromatic carbocycles. The summed E-state index contributed by atoms with van der Waals surface area (Å²) in [5.74, 6) is -4.81. The highest BCUT2D eigenvalue weighted by Gasteiger charge is 2.33. The molecule has 2 aromatic heterocycles. The first kappa shape index (κ1) is 16.5. The number of halogens is 2. The predicted molar refractivity (Wildman–Crippen MR) is 77.6 cm³/mol. The van der Waals surface area contributed by atoms with Crippen LogP contribution in [0.5, 0.6) is 0 Å². The van der Waals surface area contributed by atoms with Crippen LogP contribution in [0.3, 0.4) is 0 Å². The van der Waals surface area contributed by atoms with Crippen molar-refractivity contribution in [3.05, 3.63) is 51.8 Å². The average Bonchev–Trinajstić information content (AvgIpc) is 2.49. The van der Waals surface area contributed by atoms with Crippen LogP contribution in [0.1, 0.15) is 17.1 Å². The van der Waals surface area contributed by atoms with Crippen LogP contribution in [-0.4, -0.2) is 32.6 Å². The van der Waals surface area contributed by atoms with Crippen molar-refractivity contribution >= 4 is 11.8 Å². The van der Waals surface area contributed by atoms with Crippen molar-refractivity contribution in [3.63, 3.8) is 0 Å². The number of carbonyl (C=O) groups is 1. The molecule has 2 heterocycles. The average molecular weight is 324 g/mol. The number of aromatic amines is 1. The van der Waals surface area contributed by atoms with Gasteiger partial charge in [0.25, 0.3) is 5.56 Å². The fourth-order valence-corrected chi connectivity index (χ4v) is 1.87. The second-order valence-electron chi connectivity index (χ2n) is 4.83. The predicted octanol–water partition coefficient (Wildman–Crippen LogP) is 1.30. The molecule has 2 rings (SSSR count). The summed E-state index contributed by atoms with van der Waals surface area (Å²) in [5, 5.41) is 11.0. The van der Waals surface area contributed by atoms with Crippen LogP contribution in [0.15, 0.2) is 29.2 Å². The Balaban J connectivity index is 2.20. The summed E-state index contributed by atoms with van der Waals surface area (Å²) >= 11 is 0. The van der Waals surface area contributed by atoms with Gasteiger partial charge in [0, 0.05) is 11.9 Å². The molecule has 0 bridgehead atoms. The molecule has 0 aliphatic rings. The first-order chi connectivity index (χ1) is 10.8. The number of aromatic nitrogens is 3. The zero-order chi connectivity index (χ0) is 17.0. The molecule has 0 radical (unpaired) electrons. The zero-order valence-corrected chi connectivity index (χ0v) is 12.1. The monoisotopic (exact) mass is 324 g/mol. The van der Waals surface area contributed by atoms with E-state index >= 15 is 0 Å². The lowest BCUT2D eigenvalue weighted by molar-refractivity contribution is -0.136. The fraction of sp³-hybridized carbons (Fsp3) is 0.286. The molecule has 0 aliphatic heterocycles. The molecule has 0 amide bonds. The topological polar surface area (TPSA) is 108 Å². The van der Waals surface area contributed by atoms with Crippen LogP contribution in [0.25, 0.3) is 0 Å². The summed E-state index contributed by atoms with van der Waals surface area (Å²) in [5.41, 5.74) is -0.768. The minimum atomic E-state index is -3.31. The third-order valence-electron chi connectivity index (χ3n) is 3.03. The number of aryl methyl sites for hydroxylation is 1. The molecule has 9 heteroatoms. The molecule has 0 saturated carbocycles. The number of hydrogen-bond donors (Lipinski definition) is 3. The van der Waals surface area contributed by atoms with Crippen molar-refractivity contribution in [2.24, 2.45) is 0 Å². The highest BCUT2D eigenvalue weighted by atomic mass is 19.3. The minimum absolute atomic E-state index is 0.0979. The molecule has 3 N–H and O–H groups in total. The number of nitrogens with one attached hydrogen (secondary N) is 2. The van der Waals surface area contributed by atoms with Crippen LogP contribution in [0, 0.1) is 6.92 Å². The molecule has 0 saturated heterocycles. The largest absolute Gasteiger partial charge is 0.481 e. The van der Waals surface area contributed by atoms with Crippen LogP contribution in [0.4, 0.5) is 14.6 Å². The zero-order valence-electron chi connectivity index (χ0n) is 12.1. The van der Waals surface area contributed by atoms with Crippen molar-refractivity contribution in [2.75, 3.05) is 11.9 Å². The number of rotatable bonds is 6. The molecule has 0 fully saturated rings. The number of carboxylic acids is 1. The lowest BCUT2D eigenvalue weighted by Gasteiger charge is -2.16. The molecule has 122 valence electrons. The number of nitrogens with zero attached hydrogens (tertiary/aromatic N) is 2. The van der Waals surface area contributed by atoms with Crippen molar-refractivity contribution < 1.29 is 18.7 Å². The maximum Gasteiger partial charge on any atom is 0.309 e. The van der Waals surface area contributed by atoms with E-state index in [1.54, 1.807) is 0 Å². The van der Waals surface area contributed by atoms with Gasteiger partial charge in [0.2, 0.25) is 0 Å². The number of carboxylic acid groups (broad SMARTS) is 1. The summed E-state index contributed by atoms with van der Waals surface area (Å²) in [6, 6.07) is 4.11. The summed E-state index contributed by atoms with van der Waals surface area (Å²) in [4.78, 5) is 32.3. The fourth-order valence-electron chi connectivity index (χ4n) is 1.87. The molecule has 0 atom stereocenters. The van der Waals surface area contributed by atoms with Crippen LogP contribution < -0.4 is 10.9 Å². The standard InChI is InChI=1S/C14H14F2N4O3/c1-8-9(6-11(21)22)20-12(13(23)19-8)18-7-14(15,16)10-4-2-3-5-17-10/h2-5H,6-7H2,1H3,(H,18,20)(H,19,23)(H,21,22). The van der Waals surface area contributed by atoms with Crippen LogP contribution >= 0.6 is 0 Å². The van der Waals surface area contributed by atoms with Gasteiger partial charge in [-0.3, -0.25) is 14.6 Å². The van der Waals surface area contributed by atoms with Crippen molar-refractivity contribution in [3.8, 4) is 0 Å². The van der Waals surface area contributed by atoms with Crippen molar-refractivity contribution in [1.29, 1.82) is 0 Å². The van der Waals surface area contributed by atoms with Gasteiger partial charge >= 0.3 is 11.9 Å². The third-order valence-corrected chi connectivity index (χ3v) is 3.03. The SMILES string of the molecule is Cc1[nH]c(=O)c(NCC(F)(F)c2ccccn2)nc1CC(=O)O. The Bertz CT molecular complexity index is 762. The van der Waals surface area contributed by atoms with Gasteiger partial charge in [-0.2, -0.15) is 8.78 Å². The maximum absolute atomic E-state index is 14.0. The van der Waals surface area contributed by atoms with E-state index in [9.17, 15) is 18.4 Å². The van der Waals surface area contributed by atoms with Gasteiger partial charge in [-0.25, -0.2) is 4.98 Å². The maximum atomic E-state index is 14.0.